The minimum Gasteiger partial charge on any atom is -0.450 e. The minimum absolute atomic E-state index is 0.120. The number of hydrogen-bond acceptors (Lipinski definition) is 7. The van der Waals surface area contributed by atoms with Crippen molar-refractivity contribution >= 4 is 23.5 Å². The lowest BCUT2D eigenvalue weighted by molar-refractivity contribution is -0.394. The fourth-order valence-corrected chi connectivity index (χ4v) is 3.03. The Kier molecular flexibility index (Phi) is 7.09. The molecule has 0 aromatic heterocycles. The Morgan fingerprint density at radius 1 is 1.00 bits per heavy atom. The van der Waals surface area contributed by atoms with Crippen molar-refractivity contribution in [1.82, 2.24) is 5.43 Å². The quantitative estimate of drug-likeness (QED) is 0.304. The zero-order valence-electron chi connectivity index (χ0n) is 17.8. The van der Waals surface area contributed by atoms with Crippen LogP contribution < -0.4 is 10.2 Å². The molecule has 0 aliphatic heterocycles. The summed E-state index contributed by atoms with van der Waals surface area (Å²) in [5, 5.41) is 26.0. The van der Waals surface area contributed by atoms with Crippen LogP contribution in [0.3, 0.4) is 0 Å². The first-order valence-electron chi connectivity index (χ1n) is 9.81. The second-order valence-corrected chi connectivity index (χ2v) is 7.24. The molecule has 0 saturated heterocycles. The van der Waals surface area contributed by atoms with Gasteiger partial charge in [0.2, 0.25) is 11.7 Å². The van der Waals surface area contributed by atoms with E-state index < -0.39 is 21.2 Å². The molecule has 1 N–H and O–H groups in total. The molecule has 0 atom stereocenters. The number of benzene rings is 3. The third-order valence-corrected chi connectivity index (χ3v) is 4.71. The fraction of sp³-hybridized carbons (Fsp3) is 0.130. The number of carbonyl (C=O) groups is 1. The van der Waals surface area contributed by atoms with Crippen LogP contribution in [0.4, 0.5) is 11.4 Å². The van der Waals surface area contributed by atoms with Crippen LogP contribution in [0.15, 0.2) is 65.8 Å². The Labute approximate surface area is 188 Å². The summed E-state index contributed by atoms with van der Waals surface area (Å²) in [5.74, 6) is -0.0719. The molecule has 0 heterocycles. The third kappa shape index (κ3) is 6.20. The van der Waals surface area contributed by atoms with Gasteiger partial charge in [-0.25, -0.2) is 5.43 Å². The predicted octanol–water partition coefficient (Wildman–Crippen LogP) is 4.60. The topological polar surface area (TPSA) is 137 Å². The zero-order chi connectivity index (χ0) is 24.0. The van der Waals surface area contributed by atoms with Gasteiger partial charge in [0.25, 0.3) is 5.69 Å². The van der Waals surface area contributed by atoms with Crippen LogP contribution in [0.2, 0.25) is 0 Å². The minimum atomic E-state index is -0.746. The fourth-order valence-electron chi connectivity index (χ4n) is 3.03. The van der Waals surface area contributed by atoms with E-state index in [1.807, 2.05) is 32.0 Å². The molecule has 0 saturated carbocycles. The van der Waals surface area contributed by atoms with Gasteiger partial charge >= 0.3 is 5.69 Å². The Balaban J connectivity index is 1.61. The van der Waals surface area contributed by atoms with E-state index in [0.717, 1.165) is 28.8 Å². The van der Waals surface area contributed by atoms with Crippen LogP contribution in [-0.4, -0.2) is 22.0 Å². The van der Waals surface area contributed by atoms with Crippen molar-refractivity contribution in [1.29, 1.82) is 0 Å². The highest BCUT2D eigenvalue weighted by Gasteiger charge is 2.21. The van der Waals surface area contributed by atoms with Crippen LogP contribution in [-0.2, 0) is 11.2 Å². The number of non-ortho nitro benzene ring substituents is 1. The summed E-state index contributed by atoms with van der Waals surface area (Å²) < 4.78 is 5.51. The zero-order valence-corrected chi connectivity index (χ0v) is 17.8. The molecule has 0 fully saturated rings. The molecular formula is C23H20N4O6. The van der Waals surface area contributed by atoms with Gasteiger partial charge in [-0.3, -0.25) is 25.0 Å². The smallest absolute Gasteiger partial charge is 0.318 e. The van der Waals surface area contributed by atoms with E-state index in [1.165, 1.54) is 12.3 Å². The van der Waals surface area contributed by atoms with Crippen LogP contribution >= 0.6 is 0 Å². The van der Waals surface area contributed by atoms with Crippen LogP contribution in [0.1, 0.15) is 22.3 Å². The van der Waals surface area contributed by atoms with Crippen molar-refractivity contribution in [3.63, 3.8) is 0 Å². The van der Waals surface area contributed by atoms with Gasteiger partial charge in [0.15, 0.2) is 0 Å². The van der Waals surface area contributed by atoms with Crippen molar-refractivity contribution < 1.29 is 19.4 Å². The number of nitro benzene ring substituents is 2. The van der Waals surface area contributed by atoms with Gasteiger partial charge < -0.3 is 4.74 Å². The van der Waals surface area contributed by atoms with Crippen molar-refractivity contribution in [2.45, 2.75) is 20.3 Å². The molecule has 0 radical (unpaired) electrons. The molecule has 0 aliphatic carbocycles. The number of nitrogens with one attached hydrogen (secondary N) is 1. The molecule has 10 nitrogen and oxygen atoms in total. The summed E-state index contributed by atoms with van der Waals surface area (Å²) in [7, 11) is 0. The van der Waals surface area contributed by atoms with E-state index in [9.17, 15) is 25.0 Å². The summed E-state index contributed by atoms with van der Waals surface area (Å²) >= 11 is 0. The Morgan fingerprint density at radius 3 is 2.36 bits per heavy atom. The highest BCUT2D eigenvalue weighted by atomic mass is 16.6. The lowest BCUT2D eigenvalue weighted by atomic mass is 10.0. The normalized spacial score (nSPS) is 10.7. The van der Waals surface area contributed by atoms with Crippen molar-refractivity contribution in [2.75, 3.05) is 0 Å². The maximum atomic E-state index is 12.1. The summed E-state index contributed by atoms with van der Waals surface area (Å²) in [6.45, 7) is 3.94. The number of nitrogens with zero attached hydrogens (tertiary/aromatic N) is 3. The van der Waals surface area contributed by atoms with Crippen LogP contribution in [0.5, 0.6) is 11.5 Å². The van der Waals surface area contributed by atoms with E-state index in [0.29, 0.717) is 11.3 Å². The average Bonchev–Trinajstić information content (AvgIpc) is 2.77. The maximum Gasteiger partial charge on any atom is 0.318 e. The number of amides is 1. The molecule has 10 heteroatoms. The highest BCUT2D eigenvalue weighted by Crippen LogP contribution is 2.34. The maximum absolute atomic E-state index is 12.1. The van der Waals surface area contributed by atoms with Crippen molar-refractivity contribution in [3.8, 4) is 11.5 Å². The van der Waals surface area contributed by atoms with Crippen LogP contribution in [0, 0.1) is 34.1 Å². The molecule has 0 unspecified atom stereocenters. The molecule has 1 amide bonds. The van der Waals surface area contributed by atoms with Gasteiger partial charge in [0.05, 0.1) is 28.5 Å². The molecule has 33 heavy (non-hydrogen) atoms. The van der Waals surface area contributed by atoms with Crippen LogP contribution in [0.25, 0.3) is 0 Å². The molecule has 168 valence electrons. The molecule has 3 aromatic carbocycles. The summed E-state index contributed by atoms with van der Waals surface area (Å²) in [6, 6.07) is 15.4. The number of carbonyl (C=O) groups excluding carboxylic acids is 1. The number of hydrazone groups is 1. The van der Waals surface area contributed by atoms with Gasteiger partial charge in [-0.15, -0.1) is 0 Å². The lowest BCUT2D eigenvalue weighted by Crippen LogP contribution is -2.20. The van der Waals surface area contributed by atoms with E-state index in [-0.39, 0.29) is 18.1 Å². The van der Waals surface area contributed by atoms with Gasteiger partial charge in [-0.2, -0.15) is 5.10 Å². The van der Waals surface area contributed by atoms with E-state index >= 15 is 0 Å². The molecule has 0 bridgehead atoms. The molecule has 3 rings (SSSR count). The van der Waals surface area contributed by atoms with E-state index in [4.69, 9.17) is 4.74 Å². The first-order chi connectivity index (χ1) is 15.7. The summed E-state index contributed by atoms with van der Waals surface area (Å²) in [5.41, 5.74) is 5.32. The summed E-state index contributed by atoms with van der Waals surface area (Å²) in [6.07, 6.45) is 1.67. The van der Waals surface area contributed by atoms with Gasteiger partial charge in [0.1, 0.15) is 5.75 Å². The SMILES string of the molecule is Cc1ccc(CC(=O)N/N=C\c2ccc(Oc3ccc([N+](=O)[O-])cc3[N+](=O)[O-])cc2)c(C)c1. The first kappa shape index (κ1) is 23.1. The predicted molar refractivity (Wildman–Crippen MR) is 122 cm³/mol. The second-order valence-electron chi connectivity index (χ2n) is 7.24. The molecular weight excluding hydrogens is 428 g/mol. The van der Waals surface area contributed by atoms with E-state index in [1.54, 1.807) is 24.3 Å². The average molecular weight is 448 g/mol. The number of rotatable bonds is 8. The number of ether oxygens (including phenoxy) is 1. The first-order valence-corrected chi connectivity index (χ1v) is 9.81. The Hall–Kier alpha value is -4.60. The number of nitro groups is 2. The highest BCUT2D eigenvalue weighted by molar-refractivity contribution is 5.83. The van der Waals surface area contributed by atoms with E-state index in [2.05, 4.69) is 10.5 Å². The molecule has 0 spiro atoms. The summed E-state index contributed by atoms with van der Waals surface area (Å²) in [4.78, 5) is 32.7. The lowest BCUT2D eigenvalue weighted by Gasteiger charge is -2.07. The molecule has 0 aliphatic rings. The molecule has 3 aromatic rings. The van der Waals surface area contributed by atoms with Crippen molar-refractivity contribution in [3.05, 3.63) is 103 Å². The van der Waals surface area contributed by atoms with Gasteiger partial charge in [0, 0.05) is 6.07 Å². The standard InChI is InChI=1S/C23H20N4O6/c1-15-3-6-18(16(2)11-15)12-23(28)25-24-14-17-4-8-20(9-5-17)33-22-10-7-19(26(29)30)13-21(22)27(31)32/h3-11,13-14H,12H2,1-2H3,(H,25,28)/b24-14-. The number of aryl methyl sites for hydroxylation is 2. The Morgan fingerprint density at radius 2 is 1.73 bits per heavy atom. The second kappa shape index (κ2) is 10.1. The third-order valence-electron chi connectivity index (χ3n) is 4.71. The van der Waals surface area contributed by atoms with Gasteiger partial charge in [-0.1, -0.05) is 23.8 Å². The number of hydrogen-bond donors (Lipinski definition) is 1. The van der Waals surface area contributed by atoms with Gasteiger partial charge in [-0.05, 0) is 60.9 Å². The van der Waals surface area contributed by atoms with Crippen molar-refractivity contribution in [2.24, 2.45) is 5.10 Å². The Bertz CT molecular complexity index is 1240. The monoisotopic (exact) mass is 448 g/mol. The largest absolute Gasteiger partial charge is 0.450 e.